The molecule has 1 heterocycles. The molecular weight excluding hydrogens is 258 g/mol. The normalized spacial score (nSPS) is 10.8. The van der Waals surface area contributed by atoms with E-state index < -0.39 is 0 Å². The molecule has 0 aliphatic heterocycles. The predicted octanol–water partition coefficient (Wildman–Crippen LogP) is 4.71. The first-order valence-corrected chi connectivity index (χ1v) is 6.55. The van der Waals surface area contributed by atoms with Crippen molar-refractivity contribution in [2.24, 2.45) is 0 Å². The summed E-state index contributed by atoms with van der Waals surface area (Å²) in [7, 11) is 0. The molecule has 2 aromatic carbocycles. The first-order chi connectivity index (χ1) is 9.22. The van der Waals surface area contributed by atoms with E-state index in [0.717, 1.165) is 27.2 Å². The predicted molar refractivity (Wildman–Crippen MR) is 78.8 cm³/mol. The van der Waals surface area contributed by atoms with Crippen LogP contribution in [0.1, 0.15) is 11.1 Å². The van der Waals surface area contributed by atoms with Crippen LogP contribution < -0.4 is 4.74 Å². The number of nitrogens with one attached hydrogen (secondary N) is 1. The monoisotopic (exact) mass is 271 g/mol. The fourth-order valence-corrected chi connectivity index (χ4v) is 2.32. The third kappa shape index (κ3) is 2.59. The van der Waals surface area contributed by atoms with Gasteiger partial charge in [0.1, 0.15) is 12.4 Å². The van der Waals surface area contributed by atoms with E-state index in [1.807, 2.05) is 42.6 Å². The van der Waals surface area contributed by atoms with Crippen molar-refractivity contribution in [3.8, 4) is 5.75 Å². The molecule has 96 valence electrons. The highest BCUT2D eigenvalue weighted by molar-refractivity contribution is 6.31. The Bertz CT molecular complexity index is 718. The van der Waals surface area contributed by atoms with Gasteiger partial charge in [0.05, 0.1) is 0 Å². The lowest BCUT2D eigenvalue weighted by molar-refractivity contribution is 0.307. The lowest BCUT2D eigenvalue weighted by Crippen LogP contribution is -1.94. The van der Waals surface area contributed by atoms with Crippen LogP contribution in [0.3, 0.4) is 0 Å². The summed E-state index contributed by atoms with van der Waals surface area (Å²) in [5.74, 6) is 0.892. The summed E-state index contributed by atoms with van der Waals surface area (Å²) in [6.07, 6.45) is 1.97. The van der Waals surface area contributed by atoms with Gasteiger partial charge in [-0.2, -0.15) is 0 Å². The first kappa shape index (κ1) is 12.1. The molecule has 0 radical (unpaired) electrons. The van der Waals surface area contributed by atoms with Crippen LogP contribution in [0.2, 0.25) is 5.02 Å². The van der Waals surface area contributed by atoms with E-state index in [-0.39, 0.29) is 0 Å². The highest BCUT2D eigenvalue weighted by Crippen LogP contribution is 2.23. The zero-order valence-corrected chi connectivity index (χ0v) is 11.4. The summed E-state index contributed by atoms with van der Waals surface area (Å²) in [4.78, 5) is 3.21. The first-order valence-electron chi connectivity index (χ1n) is 6.17. The quantitative estimate of drug-likeness (QED) is 0.733. The average Bonchev–Trinajstić information content (AvgIpc) is 2.78. The number of halogens is 1. The Kier molecular flexibility index (Phi) is 3.18. The maximum absolute atomic E-state index is 5.97. The maximum Gasteiger partial charge on any atom is 0.120 e. The molecule has 1 N–H and O–H groups in total. The van der Waals surface area contributed by atoms with Gasteiger partial charge in [-0.05, 0) is 36.8 Å². The zero-order valence-electron chi connectivity index (χ0n) is 10.6. The molecule has 0 spiro atoms. The molecule has 0 bridgehead atoms. The molecule has 0 saturated heterocycles. The van der Waals surface area contributed by atoms with Crippen LogP contribution in [-0.2, 0) is 6.61 Å². The Labute approximate surface area is 117 Å². The summed E-state index contributed by atoms with van der Waals surface area (Å²) in [5.41, 5.74) is 3.37. The summed E-state index contributed by atoms with van der Waals surface area (Å²) in [5, 5.41) is 1.89. The number of benzene rings is 2. The maximum atomic E-state index is 5.97. The topological polar surface area (TPSA) is 25.0 Å². The van der Waals surface area contributed by atoms with Crippen LogP contribution in [0.4, 0.5) is 0 Å². The van der Waals surface area contributed by atoms with E-state index in [9.17, 15) is 0 Å². The van der Waals surface area contributed by atoms with E-state index in [4.69, 9.17) is 16.3 Å². The van der Waals surface area contributed by atoms with Gasteiger partial charge in [-0.15, -0.1) is 0 Å². The minimum atomic E-state index is 0.547. The molecule has 19 heavy (non-hydrogen) atoms. The van der Waals surface area contributed by atoms with E-state index >= 15 is 0 Å². The van der Waals surface area contributed by atoms with Gasteiger partial charge in [0, 0.05) is 27.7 Å². The third-order valence-electron chi connectivity index (χ3n) is 3.11. The fourth-order valence-electron chi connectivity index (χ4n) is 2.14. The molecule has 3 aromatic rings. The van der Waals surface area contributed by atoms with E-state index in [1.165, 1.54) is 5.56 Å². The van der Waals surface area contributed by atoms with E-state index in [2.05, 4.69) is 18.0 Å². The second-order valence-corrected chi connectivity index (χ2v) is 5.05. The molecule has 0 amide bonds. The van der Waals surface area contributed by atoms with Gasteiger partial charge in [-0.1, -0.05) is 29.8 Å². The van der Waals surface area contributed by atoms with Crippen molar-refractivity contribution in [3.05, 3.63) is 64.8 Å². The Morgan fingerprint density at radius 1 is 1.16 bits per heavy atom. The van der Waals surface area contributed by atoms with E-state index in [0.29, 0.717) is 6.61 Å². The number of hydrogen-bond acceptors (Lipinski definition) is 1. The Hall–Kier alpha value is -1.93. The van der Waals surface area contributed by atoms with Crippen LogP contribution in [0.25, 0.3) is 10.9 Å². The largest absolute Gasteiger partial charge is 0.489 e. The second kappa shape index (κ2) is 4.98. The standard InChI is InChI=1S/C16H14ClNO/c1-11-3-2-4-14(7-11)19-10-12-9-18-16-8-13(17)5-6-15(12)16/h2-9,18H,10H2,1H3. The van der Waals surface area contributed by atoms with Crippen LogP contribution in [-0.4, -0.2) is 4.98 Å². The Morgan fingerprint density at radius 3 is 2.89 bits per heavy atom. The average molecular weight is 272 g/mol. The molecule has 0 saturated carbocycles. The summed E-state index contributed by atoms with van der Waals surface area (Å²) < 4.78 is 5.82. The molecule has 3 rings (SSSR count). The van der Waals surface area contributed by atoms with Crippen molar-refractivity contribution in [1.82, 2.24) is 4.98 Å². The molecule has 0 aliphatic carbocycles. The van der Waals surface area contributed by atoms with Crippen LogP contribution in [0.5, 0.6) is 5.75 Å². The van der Waals surface area contributed by atoms with Gasteiger partial charge in [0.15, 0.2) is 0 Å². The van der Waals surface area contributed by atoms with Crippen molar-refractivity contribution >= 4 is 22.5 Å². The number of aryl methyl sites for hydroxylation is 1. The molecule has 2 nitrogen and oxygen atoms in total. The minimum Gasteiger partial charge on any atom is -0.489 e. The number of rotatable bonds is 3. The molecule has 0 fully saturated rings. The van der Waals surface area contributed by atoms with Crippen LogP contribution >= 0.6 is 11.6 Å². The molecule has 0 unspecified atom stereocenters. The number of aromatic nitrogens is 1. The van der Waals surface area contributed by atoms with Crippen molar-refractivity contribution in [3.63, 3.8) is 0 Å². The van der Waals surface area contributed by atoms with Gasteiger partial charge in [0.2, 0.25) is 0 Å². The molecule has 3 heteroatoms. The minimum absolute atomic E-state index is 0.547. The SMILES string of the molecule is Cc1cccc(OCc2c[nH]c3cc(Cl)ccc23)c1. The fraction of sp³-hybridized carbons (Fsp3) is 0.125. The lowest BCUT2D eigenvalue weighted by Gasteiger charge is -2.06. The highest BCUT2D eigenvalue weighted by Gasteiger charge is 2.05. The number of aromatic amines is 1. The van der Waals surface area contributed by atoms with Crippen molar-refractivity contribution in [2.45, 2.75) is 13.5 Å². The third-order valence-corrected chi connectivity index (χ3v) is 3.35. The van der Waals surface area contributed by atoms with Gasteiger partial charge >= 0.3 is 0 Å². The summed E-state index contributed by atoms with van der Waals surface area (Å²) >= 11 is 5.97. The van der Waals surface area contributed by atoms with Crippen LogP contribution in [0.15, 0.2) is 48.7 Å². The van der Waals surface area contributed by atoms with Crippen molar-refractivity contribution in [1.29, 1.82) is 0 Å². The lowest BCUT2D eigenvalue weighted by atomic mass is 10.2. The van der Waals surface area contributed by atoms with Crippen molar-refractivity contribution < 1.29 is 4.74 Å². The summed E-state index contributed by atoms with van der Waals surface area (Å²) in [6.45, 7) is 2.60. The van der Waals surface area contributed by atoms with Crippen molar-refractivity contribution in [2.75, 3.05) is 0 Å². The number of hydrogen-bond donors (Lipinski definition) is 1. The smallest absolute Gasteiger partial charge is 0.120 e. The highest BCUT2D eigenvalue weighted by atomic mass is 35.5. The van der Waals surface area contributed by atoms with Gasteiger partial charge < -0.3 is 9.72 Å². The zero-order chi connectivity index (χ0) is 13.2. The number of fused-ring (bicyclic) bond motifs is 1. The Morgan fingerprint density at radius 2 is 2.05 bits per heavy atom. The summed E-state index contributed by atoms with van der Waals surface area (Å²) in [6, 6.07) is 13.9. The van der Waals surface area contributed by atoms with Crippen LogP contribution in [0, 0.1) is 6.92 Å². The Balaban J connectivity index is 1.82. The van der Waals surface area contributed by atoms with E-state index in [1.54, 1.807) is 0 Å². The number of H-pyrrole nitrogens is 1. The van der Waals surface area contributed by atoms with Gasteiger partial charge in [-0.25, -0.2) is 0 Å². The molecule has 0 aliphatic rings. The van der Waals surface area contributed by atoms with Gasteiger partial charge in [0.25, 0.3) is 0 Å². The molecule has 1 aromatic heterocycles. The molecular formula is C16H14ClNO. The van der Waals surface area contributed by atoms with Gasteiger partial charge in [-0.3, -0.25) is 0 Å². The second-order valence-electron chi connectivity index (χ2n) is 4.61. The molecule has 0 atom stereocenters. The number of ether oxygens (including phenoxy) is 1.